The highest BCUT2D eigenvalue weighted by Crippen LogP contribution is 2.33. The number of nitrogens with one attached hydrogen (secondary N) is 2. The van der Waals surface area contributed by atoms with Crippen molar-refractivity contribution in [2.75, 3.05) is 7.11 Å². The zero-order valence-corrected chi connectivity index (χ0v) is 18.4. The summed E-state index contributed by atoms with van der Waals surface area (Å²) in [6, 6.07) is 13.4. The number of benzene rings is 2. The average molecular weight is 424 g/mol. The third kappa shape index (κ3) is 5.36. The van der Waals surface area contributed by atoms with Crippen molar-refractivity contribution in [2.24, 2.45) is 0 Å². The van der Waals surface area contributed by atoms with Gasteiger partial charge in [-0.2, -0.15) is 0 Å². The van der Waals surface area contributed by atoms with E-state index in [2.05, 4.69) is 10.6 Å². The molecule has 1 heterocycles. The van der Waals surface area contributed by atoms with Crippen LogP contribution >= 0.6 is 0 Å². The molecule has 0 spiro atoms. The molecule has 2 N–H and O–H groups in total. The van der Waals surface area contributed by atoms with Gasteiger partial charge in [0.05, 0.1) is 36.6 Å². The Bertz CT molecular complexity index is 962. The summed E-state index contributed by atoms with van der Waals surface area (Å²) < 4.78 is 16.4. The molecule has 0 saturated heterocycles. The van der Waals surface area contributed by atoms with Crippen LogP contribution < -0.4 is 20.1 Å². The molecule has 0 fully saturated rings. The van der Waals surface area contributed by atoms with Gasteiger partial charge in [-0.3, -0.25) is 0 Å². The lowest BCUT2D eigenvalue weighted by Crippen LogP contribution is -2.45. The summed E-state index contributed by atoms with van der Waals surface area (Å²) in [7, 11) is 1.58. The Balaban J connectivity index is 2.08. The average Bonchev–Trinajstić information content (AvgIpc) is 2.72. The summed E-state index contributed by atoms with van der Waals surface area (Å²) >= 11 is 0. The van der Waals surface area contributed by atoms with Crippen molar-refractivity contribution in [1.82, 2.24) is 10.6 Å². The lowest BCUT2D eigenvalue weighted by molar-refractivity contribution is -0.143. The van der Waals surface area contributed by atoms with Gasteiger partial charge in [-0.05, 0) is 75.2 Å². The van der Waals surface area contributed by atoms with Crippen molar-refractivity contribution in [3.63, 3.8) is 0 Å². The molecule has 0 aliphatic carbocycles. The molecule has 2 aromatic carbocycles. The molecule has 164 valence electrons. The van der Waals surface area contributed by atoms with Crippen molar-refractivity contribution in [3.8, 4) is 11.5 Å². The zero-order valence-electron chi connectivity index (χ0n) is 18.4. The van der Waals surface area contributed by atoms with Gasteiger partial charge in [0.1, 0.15) is 11.5 Å². The minimum Gasteiger partial charge on any atom is -0.497 e. The predicted octanol–water partition coefficient (Wildman–Crippen LogP) is 4.20. The first-order valence-corrected chi connectivity index (χ1v) is 10.2. The molecular weight excluding hydrogens is 396 g/mol. The number of carbonyl (C=O) groups excluding carboxylic acids is 2. The van der Waals surface area contributed by atoms with E-state index in [9.17, 15) is 9.59 Å². The van der Waals surface area contributed by atoms with Gasteiger partial charge in [-0.1, -0.05) is 12.1 Å². The molecule has 1 aliphatic heterocycles. The largest absolute Gasteiger partial charge is 0.497 e. The first-order valence-electron chi connectivity index (χ1n) is 10.2. The van der Waals surface area contributed by atoms with Crippen LogP contribution in [0.4, 0.5) is 4.79 Å². The van der Waals surface area contributed by atoms with Crippen molar-refractivity contribution < 1.29 is 23.8 Å². The van der Waals surface area contributed by atoms with E-state index < -0.39 is 18.0 Å². The number of hydrogen-bond acceptors (Lipinski definition) is 5. The van der Waals surface area contributed by atoms with Crippen molar-refractivity contribution in [3.05, 3.63) is 65.2 Å². The third-order valence-electron chi connectivity index (χ3n) is 4.60. The first kappa shape index (κ1) is 22.2. The maximum absolute atomic E-state index is 13.1. The van der Waals surface area contributed by atoms with Crippen LogP contribution in [0.15, 0.2) is 54.1 Å². The number of esters is 1. The zero-order chi connectivity index (χ0) is 22.5. The van der Waals surface area contributed by atoms with E-state index in [4.69, 9.17) is 14.2 Å². The normalized spacial score (nSPS) is 16.1. The topological polar surface area (TPSA) is 85.9 Å². The van der Waals surface area contributed by atoms with Gasteiger partial charge in [0.25, 0.3) is 0 Å². The van der Waals surface area contributed by atoms with Crippen LogP contribution in [-0.2, 0) is 9.53 Å². The fourth-order valence-electron chi connectivity index (χ4n) is 3.31. The maximum Gasteiger partial charge on any atom is 0.338 e. The van der Waals surface area contributed by atoms with E-state index in [0.29, 0.717) is 28.3 Å². The Kier molecular flexibility index (Phi) is 6.84. The van der Waals surface area contributed by atoms with E-state index in [1.165, 1.54) is 0 Å². The van der Waals surface area contributed by atoms with Gasteiger partial charge in [0.2, 0.25) is 0 Å². The summed E-state index contributed by atoms with van der Waals surface area (Å²) in [5.41, 5.74) is 2.16. The standard InChI is InChI=1S/C24H28N2O5/c1-14(2)30-19-12-8-17(9-13-19)22-20(23(27)31-15(3)4)21(25-24(28)26-22)16-6-10-18(29-5)11-7-16/h6-15,22H,1-5H3,(H2,25,26,28). The second-order valence-corrected chi connectivity index (χ2v) is 7.74. The smallest absolute Gasteiger partial charge is 0.338 e. The molecule has 7 nitrogen and oxygen atoms in total. The number of methoxy groups -OCH3 is 1. The lowest BCUT2D eigenvalue weighted by Gasteiger charge is -2.30. The van der Waals surface area contributed by atoms with Gasteiger partial charge in [-0.15, -0.1) is 0 Å². The van der Waals surface area contributed by atoms with Crippen molar-refractivity contribution >= 4 is 17.7 Å². The summed E-state index contributed by atoms with van der Waals surface area (Å²) in [5, 5.41) is 5.62. The minimum atomic E-state index is -0.676. The van der Waals surface area contributed by atoms with Gasteiger partial charge in [0.15, 0.2) is 0 Å². The first-order chi connectivity index (χ1) is 14.8. The Morgan fingerprint density at radius 1 is 0.903 bits per heavy atom. The lowest BCUT2D eigenvalue weighted by atomic mass is 9.92. The van der Waals surface area contributed by atoms with Gasteiger partial charge < -0.3 is 24.8 Å². The summed E-state index contributed by atoms with van der Waals surface area (Å²) in [6.45, 7) is 7.47. The number of rotatable bonds is 7. The van der Waals surface area contributed by atoms with E-state index in [1.54, 1.807) is 45.2 Å². The molecule has 0 saturated carbocycles. The molecule has 1 aliphatic rings. The third-order valence-corrected chi connectivity index (χ3v) is 4.60. The van der Waals surface area contributed by atoms with Crippen LogP contribution in [-0.4, -0.2) is 31.3 Å². The highest BCUT2D eigenvalue weighted by Gasteiger charge is 2.34. The second kappa shape index (κ2) is 9.55. The predicted molar refractivity (Wildman–Crippen MR) is 118 cm³/mol. The molecule has 7 heteroatoms. The minimum absolute atomic E-state index is 0.0441. The molecule has 3 rings (SSSR count). The quantitative estimate of drug-likeness (QED) is 0.651. The van der Waals surface area contributed by atoms with E-state index in [-0.39, 0.29) is 12.2 Å². The molecule has 2 aromatic rings. The van der Waals surface area contributed by atoms with Gasteiger partial charge in [0, 0.05) is 0 Å². The summed E-state index contributed by atoms with van der Waals surface area (Å²) in [4.78, 5) is 25.6. The summed E-state index contributed by atoms with van der Waals surface area (Å²) in [6.07, 6.45) is -0.264. The molecule has 0 bridgehead atoms. The summed E-state index contributed by atoms with van der Waals surface area (Å²) in [5.74, 6) is 0.888. The fourth-order valence-corrected chi connectivity index (χ4v) is 3.31. The van der Waals surface area contributed by atoms with Crippen LogP contribution in [0.25, 0.3) is 5.70 Å². The highest BCUT2D eigenvalue weighted by atomic mass is 16.5. The van der Waals surface area contributed by atoms with Crippen LogP contribution in [0.1, 0.15) is 44.9 Å². The van der Waals surface area contributed by atoms with Gasteiger partial charge >= 0.3 is 12.0 Å². The monoisotopic (exact) mass is 424 g/mol. The number of carbonyl (C=O) groups is 2. The van der Waals surface area contributed by atoms with Crippen LogP contribution in [0, 0.1) is 0 Å². The number of urea groups is 1. The number of ether oxygens (including phenoxy) is 3. The molecule has 31 heavy (non-hydrogen) atoms. The molecule has 0 radical (unpaired) electrons. The molecule has 1 atom stereocenters. The van der Waals surface area contributed by atoms with E-state index >= 15 is 0 Å². The second-order valence-electron chi connectivity index (χ2n) is 7.74. The number of amides is 2. The van der Waals surface area contributed by atoms with E-state index in [1.807, 2.05) is 38.1 Å². The highest BCUT2D eigenvalue weighted by molar-refractivity contribution is 6.04. The van der Waals surface area contributed by atoms with Crippen LogP contribution in [0.5, 0.6) is 11.5 Å². The van der Waals surface area contributed by atoms with Gasteiger partial charge in [-0.25, -0.2) is 9.59 Å². The van der Waals surface area contributed by atoms with E-state index in [0.717, 1.165) is 5.56 Å². The van der Waals surface area contributed by atoms with Crippen LogP contribution in [0.2, 0.25) is 0 Å². The Morgan fingerprint density at radius 2 is 1.52 bits per heavy atom. The Labute approximate surface area is 182 Å². The molecule has 2 amide bonds. The maximum atomic E-state index is 13.1. The van der Waals surface area contributed by atoms with Crippen molar-refractivity contribution in [2.45, 2.75) is 45.9 Å². The number of hydrogen-bond donors (Lipinski definition) is 2. The van der Waals surface area contributed by atoms with Crippen LogP contribution in [0.3, 0.4) is 0 Å². The molecule has 0 aromatic heterocycles. The Hall–Kier alpha value is -3.48. The molecule has 1 unspecified atom stereocenters. The SMILES string of the molecule is COc1ccc(C2=C(C(=O)OC(C)C)C(c3ccc(OC(C)C)cc3)NC(=O)N2)cc1. The fraction of sp³-hybridized carbons (Fsp3) is 0.333. The van der Waals surface area contributed by atoms with Crippen molar-refractivity contribution in [1.29, 1.82) is 0 Å². The Morgan fingerprint density at radius 3 is 2.06 bits per heavy atom. The molecular formula is C24H28N2O5.